The van der Waals surface area contributed by atoms with Gasteiger partial charge in [0.2, 0.25) is 0 Å². The van der Waals surface area contributed by atoms with Gasteiger partial charge in [0.15, 0.2) is 0 Å². The highest BCUT2D eigenvalue weighted by molar-refractivity contribution is 8.02. The van der Waals surface area contributed by atoms with Crippen LogP contribution in [0.4, 0.5) is 0 Å². The SMILES string of the molecule is C\C=C/C(=C\C=C\C(SC)=C(C)C)CN. The Labute approximate surface area is 97.8 Å². The van der Waals surface area contributed by atoms with E-state index in [1.807, 2.05) is 19.1 Å². The maximum Gasteiger partial charge on any atom is 0.0177 e. The molecule has 0 unspecified atom stereocenters. The monoisotopic (exact) mass is 223 g/mol. The van der Waals surface area contributed by atoms with E-state index in [0.717, 1.165) is 5.57 Å². The van der Waals surface area contributed by atoms with Gasteiger partial charge in [0.25, 0.3) is 0 Å². The number of hydrogen-bond donors (Lipinski definition) is 1. The third-order valence-electron chi connectivity index (χ3n) is 1.89. The minimum Gasteiger partial charge on any atom is -0.326 e. The molecule has 1 nitrogen and oxygen atoms in total. The number of rotatable bonds is 5. The molecule has 0 aliphatic heterocycles. The molecule has 0 saturated carbocycles. The number of nitrogens with two attached hydrogens (primary N) is 1. The molecule has 0 saturated heterocycles. The van der Waals surface area contributed by atoms with Crippen LogP contribution in [0.15, 0.2) is 46.4 Å². The van der Waals surface area contributed by atoms with E-state index in [1.165, 1.54) is 10.5 Å². The third kappa shape index (κ3) is 6.37. The summed E-state index contributed by atoms with van der Waals surface area (Å²) in [7, 11) is 0. The first-order valence-electron chi connectivity index (χ1n) is 5.07. The van der Waals surface area contributed by atoms with Crippen molar-refractivity contribution in [2.24, 2.45) is 5.73 Å². The lowest BCUT2D eigenvalue weighted by molar-refractivity contribution is 1.18. The van der Waals surface area contributed by atoms with Gasteiger partial charge in [0.1, 0.15) is 0 Å². The molecule has 0 aromatic rings. The minimum atomic E-state index is 0.581. The Kier molecular flexibility index (Phi) is 8.15. The van der Waals surface area contributed by atoms with Crippen molar-refractivity contribution in [3.63, 3.8) is 0 Å². The molecule has 0 aromatic heterocycles. The van der Waals surface area contributed by atoms with Gasteiger partial charge >= 0.3 is 0 Å². The van der Waals surface area contributed by atoms with Gasteiger partial charge in [-0.3, -0.25) is 0 Å². The number of allylic oxidation sites excluding steroid dienone is 5. The summed E-state index contributed by atoms with van der Waals surface area (Å²) < 4.78 is 0. The van der Waals surface area contributed by atoms with Gasteiger partial charge in [-0.25, -0.2) is 0 Å². The Hall–Kier alpha value is -0.730. The molecule has 0 spiro atoms. The van der Waals surface area contributed by atoms with E-state index in [1.54, 1.807) is 11.8 Å². The largest absolute Gasteiger partial charge is 0.326 e. The van der Waals surface area contributed by atoms with Crippen LogP contribution in [-0.4, -0.2) is 12.8 Å². The Balaban J connectivity index is 4.59. The Morgan fingerprint density at radius 2 is 1.93 bits per heavy atom. The first-order chi connectivity index (χ1) is 7.15. The van der Waals surface area contributed by atoms with E-state index >= 15 is 0 Å². The zero-order chi connectivity index (χ0) is 11.7. The number of hydrogen-bond acceptors (Lipinski definition) is 2. The quantitative estimate of drug-likeness (QED) is 0.720. The van der Waals surface area contributed by atoms with Crippen molar-refractivity contribution >= 4 is 11.8 Å². The Bertz CT molecular complexity index is 292. The molecule has 15 heavy (non-hydrogen) atoms. The van der Waals surface area contributed by atoms with Crippen molar-refractivity contribution in [1.29, 1.82) is 0 Å². The van der Waals surface area contributed by atoms with Crippen molar-refractivity contribution in [3.05, 3.63) is 46.4 Å². The van der Waals surface area contributed by atoms with Crippen molar-refractivity contribution in [3.8, 4) is 0 Å². The first-order valence-corrected chi connectivity index (χ1v) is 6.29. The Morgan fingerprint density at radius 3 is 2.33 bits per heavy atom. The van der Waals surface area contributed by atoms with Gasteiger partial charge in [-0.15, -0.1) is 11.8 Å². The zero-order valence-corrected chi connectivity index (χ0v) is 10.9. The molecule has 0 bridgehead atoms. The summed E-state index contributed by atoms with van der Waals surface area (Å²) in [4.78, 5) is 1.31. The van der Waals surface area contributed by atoms with E-state index in [-0.39, 0.29) is 0 Å². The molecule has 2 heteroatoms. The summed E-state index contributed by atoms with van der Waals surface area (Å²) >= 11 is 1.76. The fourth-order valence-electron chi connectivity index (χ4n) is 1.10. The fourth-order valence-corrected chi connectivity index (χ4v) is 1.73. The average Bonchev–Trinajstić information content (AvgIpc) is 2.22. The highest BCUT2D eigenvalue weighted by Gasteiger charge is 1.90. The van der Waals surface area contributed by atoms with Crippen LogP contribution in [0.2, 0.25) is 0 Å². The molecule has 0 aliphatic rings. The molecule has 2 N–H and O–H groups in total. The lowest BCUT2D eigenvalue weighted by atomic mass is 10.2. The molecule has 0 aliphatic carbocycles. The van der Waals surface area contributed by atoms with Gasteiger partial charge < -0.3 is 5.73 Å². The topological polar surface area (TPSA) is 26.0 Å². The smallest absolute Gasteiger partial charge is 0.0177 e. The predicted molar refractivity (Wildman–Crippen MR) is 73.0 cm³/mol. The van der Waals surface area contributed by atoms with Gasteiger partial charge in [-0.2, -0.15) is 0 Å². The highest BCUT2D eigenvalue weighted by Crippen LogP contribution is 2.17. The second kappa shape index (κ2) is 8.57. The van der Waals surface area contributed by atoms with E-state index in [0.29, 0.717) is 6.54 Å². The van der Waals surface area contributed by atoms with Crippen LogP contribution in [0.25, 0.3) is 0 Å². The van der Waals surface area contributed by atoms with Crippen LogP contribution in [0, 0.1) is 0 Å². The van der Waals surface area contributed by atoms with Gasteiger partial charge in [0, 0.05) is 11.4 Å². The van der Waals surface area contributed by atoms with Crippen LogP contribution < -0.4 is 5.73 Å². The van der Waals surface area contributed by atoms with Crippen LogP contribution in [0.1, 0.15) is 20.8 Å². The molecular weight excluding hydrogens is 202 g/mol. The highest BCUT2D eigenvalue weighted by atomic mass is 32.2. The van der Waals surface area contributed by atoms with Crippen molar-refractivity contribution in [1.82, 2.24) is 0 Å². The average molecular weight is 223 g/mol. The second-order valence-corrected chi connectivity index (χ2v) is 4.22. The van der Waals surface area contributed by atoms with Crippen molar-refractivity contribution < 1.29 is 0 Å². The molecule has 0 atom stereocenters. The summed E-state index contributed by atoms with van der Waals surface area (Å²) in [5.41, 5.74) is 8.08. The Morgan fingerprint density at radius 1 is 1.27 bits per heavy atom. The van der Waals surface area contributed by atoms with Crippen molar-refractivity contribution in [2.75, 3.05) is 12.8 Å². The minimum absolute atomic E-state index is 0.581. The van der Waals surface area contributed by atoms with E-state index in [2.05, 4.69) is 38.3 Å². The normalized spacial score (nSPS) is 12.7. The first kappa shape index (κ1) is 14.3. The van der Waals surface area contributed by atoms with E-state index < -0.39 is 0 Å². The van der Waals surface area contributed by atoms with Crippen LogP contribution >= 0.6 is 11.8 Å². The molecule has 0 fully saturated rings. The molecular formula is C13H21NS. The molecule has 84 valence electrons. The van der Waals surface area contributed by atoms with E-state index in [4.69, 9.17) is 5.73 Å². The summed E-state index contributed by atoms with van der Waals surface area (Å²) in [5, 5.41) is 0. The van der Waals surface area contributed by atoms with Crippen LogP contribution in [0.5, 0.6) is 0 Å². The summed E-state index contributed by atoms with van der Waals surface area (Å²) in [6.07, 6.45) is 12.4. The standard InChI is InChI=1S/C13H21NS/c1-5-7-12(10-14)8-6-9-13(15-4)11(2)3/h5-9H,10,14H2,1-4H3/b7-5-,9-6+,12-8+. The zero-order valence-electron chi connectivity index (χ0n) is 10.1. The predicted octanol–water partition coefficient (Wildman–Crippen LogP) is 3.66. The maximum absolute atomic E-state index is 5.60. The number of thioether (sulfide) groups is 1. The van der Waals surface area contributed by atoms with Crippen LogP contribution in [-0.2, 0) is 0 Å². The summed E-state index contributed by atoms with van der Waals surface area (Å²) in [6, 6.07) is 0. The van der Waals surface area contributed by atoms with E-state index in [9.17, 15) is 0 Å². The second-order valence-electron chi connectivity index (χ2n) is 3.37. The van der Waals surface area contributed by atoms with Crippen LogP contribution in [0.3, 0.4) is 0 Å². The molecule has 0 amide bonds. The molecule has 0 aromatic carbocycles. The third-order valence-corrected chi connectivity index (χ3v) is 2.87. The maximum atomic E-state index is 5.60. The van der Waals surface area contributed by atoms with Gasteiger partial charge in [-0.1, -0.05) is 29.9 Å². The van der Waals surface area contributed by atoms with Crippen molar-refractivity contribution in [2.45, 2.75) is 20.8 Å². The summed E-state index contributed by atoms with van der Waals surface area (Å²) in [6.45, 7) is 6.82. The lowest BCUT2D eigenvalue weighted by Gasteiger charge is -1.99. The fraction of sp³-hybridized carbons (Fsp3) is 0.385. The molecule has 0 rings (SSSR count). The van der Waals surface area contributed by atoms with Gasteiger partial charge in [-0.05, 0) is 38.7 Å². The van der Waals surface area contributed by atoms with Gasteiger partial charge in [0.05, 0.1) is 0 Å². The lowest BCUT2D eigenvalue weighted by Crippen LogP contribution is -2.00. The summed E-state index contributed by atoms with van der Waals surface area (Å²) in [5.74, 6) is 0. The molecule has 0 radical (unpaired) electrons. The molecule has 0 heterocycles.